The van der Waals surface area contributed by atoms with Crippen LogP contribution in [0, 0.1) is 0 Å². The summed E-state index contributed by atoms with van der Waals surface area (Å²) in [4.78, 5) is 29.0. The van der Waals surface area contributed by atoms with E-state index < -0.39 is 5.97 Å². The number of hydrogen-bond acceptors (Lipinski definition) is 4. The molecule has 1 aliphatic carbocycles. The fourth-order valence-electron chi connectivity index (χ4n) is 1.62. The maximum Gasteiger partial charge on any atom is 0.323 e. The number of rotatable bonds is 6. The third-order valence-electron chi connectivity index (χ3n) is 2.63. The van der Waals surface area contributed by atoms with Crippen molar-refractivity contribution < 1.29 is 14.7 Å². The summed E-state index contributed by atoms with van der Waals surface area (Å²) in [5.74, 6) is -0.792. The molecule has 1 N–H and O–H groups in total. The molecular weight excluding hydrogens is 252 g/mol. The molecule has 1 aromatic rings. The molecule has 1 aliphatic rings. The zero-order chi connectivity index (χ0) is 13.0. The second kappa shape index (κ2) is 5.86. The quantitative estimate of drug-likeness (QED) is 0.785. The van der Waals surface area contributed by atoms with Crippen LogP contribution in [0.15, 0.2) is 29.4 Å². The maximum absolute atomic E-state index is 12.0. The van der Waals surface area contributed by atoms with E-state index in [9.17, 15) is 9.59 Å². The molecule has 0 bridgehead atoms. The minimum absolute atomic E-state index is 0.110. The van der Waals surface area contributed by atoms with Crippen molar-refractivity contribution >= 4 is 23.6 Å². The van der Waals surface area contributed by atoms with Crippen LogP contribution in [-0.2, 0) is 9.59 Å². The summed E-state index contributed by atoms with van der Waals surface area (Å²) in [6.45, 7) is -0.194. The second-order valence-corrected chi connectivity index (χ2v) is 5.17. The fourth-order valence-corrected chi connectivity index (χ4v) is 2.39. The lowest BCUT2D eigenvalue weighted by molar-refractivity contribution is -0.143. The van der Waals surface area contributed by atoms with Gasteiger partial charge in [0, 0.05) is 23.3 Å². The highest BCUT2D eigenvalue weighted by Gasteiger charge is 2.33. The van der Waals surface area contributed by atoms with E-state index >= 15 is 0 Å². The van der Waals surface area contributed by atoms with Crippen LogP contribution in [0.25, 0.3) is 0 Å². The lowest BCUT2D eigenvalue weighted by Gasteiger charge is -2.19. The zero-order valence-electron chi connectivity index (χ0n) is 9.78. The average molecular weight is 266 g/mol. The van der Waals surface area contributed by atoms with Crippen molar-refractivity contribution in [3.8, 4) is 0 Å². The van der Waals surface area contributed by atoms with Gasteiger partial charge in [-0.1, -0.05) is 0 Å². The van der Waals surface area contributed by atoms with Crippen molar-refractivity contribution in [3.05, 3.63) is 24.5 Å². The first-order chi connectivity index (χ1) is 8.66. The lowest BCUT2D eigenvalue weighted by Crippen LogP contribution is -2.38. The highest BCUT2D eigenvalue weighted by atomic mass is 32.2. The van der Waals surface area contributed by atoms with Gasteiger partial charge in [-0.25, -0.2) is 0 Å². The van der Waals surface area contributed by atoms with Crippen molar-refractivity contribution in [2.75, 3.05) is 12.3 Å². The minimum Gasteiger partial charge on any atom is -0.480 e. The Morgan fingerprint density at radius 2 is 2.06 bits per heavy atom. The van der Waals surface area contributed by atoms with E-state index in [1.54, 1.807) is 12.4 Å². The Morgan fingerprint density at radius 1 is 1.39 bits per heavy atom. The van der Waals surface area contributed by atoms with Gasteiger partial charge in [-0.3, -0.25) is 14.6 Å². The number of carboxylic acids is 1. The number of carbonyl (C=O) groups is 2. The number of carbonyl (C=O) groups excluding carboxylic acids is 1. The number of aliphatic carboxylic acids is 1. The number of amides is 1. The van der Waals surface area contributed by atoms with Crippen LogP contribution in [-0.4, -0.2) is 45.2 Å². The first kappa shape index (κ1) is 12.9. The standard InChI is InChI=1S/C12H14N2O3S/c15-11(8-18-10-3-5-13-6-4-10)14(7-12(16)17)9-1-2-9/h3-6,9H,1-2,7-8H2,(H,16,17). The van der Waals surface area contributed by atoms with Crippen molar-refractivity contribution in [2.45, 2.75) is 23.8 Å². The summed E-state index contributed by atoms with van der Waals surface area (Å²) in [5, 5.41) is 8.79. The Balaban J connectivity index is 1.87. The number of carboxylic acid groups (broad SMARTS) is 1. The molecule has 1 heterocycles. The van der Waals surface area contributed by atoms with Crippen LogP contribution in [0.1, 0.15) is 12.8 Å². The third-order valence-corrected chi connectivity index (χ3v) is 3.62. The van der Waals surface area contributed by atoms with Crippen LogP contribution in [0.5, 0.6) is 0 Å². The molecule has 5 nitrogen and oxygen atoms in total. The van der Waals surface area contributed by atoms with Gasteiger partial charge in [0.15, 0.2) is 0 Å². The zero-order valence-corrected chi connectivity index (χ0v) is 10.6. The molecule has 96 valence electrons. The summed E-state index contributed by atoms with van der Waals surface area (Å²) >= 11 is 1.40. The largest absolute Gasteiger partial charge is 0.480 e. The summed E-state index contributed by atoms with van der Waals surface area (Å²) in [7, 11) is 0. The summed E-state index contributed by atoms with van der Waals surface area (Å²) in [6.07, 6.45) is 5.17. The Labute approximate surface area is 109 Å². The molecule has 0 unspecified atom stereocenters. The first-order valence-electron chi connectivity index (χ1n) is 5.71. The average Bonchev–Trinajstić information content (AvgIpc) is 3.18. The topological polar surface area (TPSA) is 70.5 Å². The van der Waals surface area contributed by atoms with Gasteiger partial charge >= 0.3 is 5.97 Å². The maximum atomic E-state index is 12.0. The highest BCUT2D eigenvalue weighted by molar-refractivity contribution is 8.00. The Bertz CT molecular complexity index is 434. The Hall–Kier alpha value is -1.56. The highest BCUT2D eigenvalue weighted by Crippen LogP contribution is 2.28. The van der Waals surface area contributed by atoms with Crippen molar-refractivity contribution in [2.24, 2.45) is 0 Å². The van der Waals surface area contributed by atoms with Crippen LogP contribution in [0.2, 0.25) is 0 Å². The molecular formula is C12H14N2O3S. The van der Waals surface area contributed by atoms with E-state index in [1.807, 2.05) is 12.1 Å². The Morgan fingerprint density at radius 3 is 2.61 bits per heavy atom. The number of pyridine rings is 1. The summed E-state index contributed by atoms with van der Waals surface area (Å²) in [5.41, 5.74) is 0. The van der Waals surface area contributed by atoms with Gasteiger partial charge in [0.2, 0.25) is 5.91 Å². The number of nitrogens with zero attached hydrogens (tertiary/aromatic N) is 2. The van der Waals surface area contributed by atoms with Gasteiger partial charge < -0.3 is 10.0 Å². The molecule has 18 heavy (non-hydrogen) atoms. The van der Waals surface area contributed by atoms with Crippen LogP contribution < -0.4 is 0 Å². The van der Waals surface area contributed by atoms with Gasteiger partial charge in [-0.05, 0) is 25.0 Å². The van der Waals surface area contributed by atoms with Crippen LogP contribution >= 0.6 is 11.8 Å². The molecule has 0 atom stereocenters. The molecule has 1 saturated carbocycles. The summed E-state index contributed by atoms with van der Waals surface area (Å²) < 4.78 is 0. The van der Waals surface area contributed by atoms with Crippen molar-refractivity contribution in [3.63, 3.8) is 0 Å². The van der Waals surface area contributed by atoms with E-state index in [0.717, 1.165) is 17.7 Å². The van der Waals surface area contributed by atoms with Gasteiger partial charge in [-0.2, -0.15) is 0 Å². The summed E-state index contributed by atoms with van der Waals surface area (Å²) in [6, 6.07) is 3.79. The van der Waals surface area contributed by atoms with Gasteiger partial charge in [0.1, 0.15) is 6.54 Å². The molecule has 0 spiro atoms. The molecule has 1 aromatic heterocycles. The van der Waals surface area contributed by atoms with Gasteiger partial charge in [0.25, 0.3) is 0 Å². The molecule has 6 heteroatoms. The SMILES string of the molecule is O=C(O)CN(C(=O)CSc1ccncc1)C1CC1. The molecule has 0 aliphatic heterocycles. The van der Waals surface area contributed by atoms with Crippen LogP contribution in [0.3, 0.4) is 0 Å². The molecule has 0 saturated heterocycles. The predicted octanol–water partition coefficient (Wildman–Crippen LogP) is 1.25. The fraction of sp³-hybridized carbons (Fsp3) is 0.417. The van der Waals surface area contributed by atoms with E-state index in [-0.39, 0.29) is 24.2 Å². The van der Waals surface area contributed by atoms with Gasteiger partial charge in [0.05, 0.1) is 5.75 Å². The minimum atomic E-state index is -0.954. The third kappa shape index (κ3) is 3.73. The Kier molecular flexibility index (Phi) is 4.19. The van der Waals surface area contributed by atoms with Crippen LogP contribution in [0.4, 0.5) is 0 Å². The van der Waals surface area contributed by atoms with E-state index in [4.69, 9.17) is 5.11 Å². The number of hydrogen-bond donors (Lipinski definition) is 1. The second-order valence-electron chi connectivity index (χ2n) is 4.12. The monoisotopic (exact) mass is 266 g/mol. The van der Waals surface area contributed by atoms with Crippen molar-refractivity contribution in [1.82, 2.24) is 9.88 Å². The molecule has 0 radical (unpaired) electrons. The molecule has 0 aromatic carbocycles. The molecule has 1 fully saturated rings. The molecule has 2 rings (SSSR count). The molecule has 1 amide bonds. The van der Waals surface area contributed by atoms with E-state index in [2.05, 4.69) is 4.98 Å². The lowest BCUT2D eigenvalue weighted by atomic mass is 10.4. The van der Waals surface area contributed by atoms with E-state index in [0.29, 0.717) is 0 Å². The number of thioether (sulfide) groups is 1. The smallest absolute Gasteiger partial charge is 0.323 e. The van der Waals surface area contributed by atoms with Gasteiger partial charge in [-0.15, -0.1) is 11.8 Å². The first-order valence-corrected chi connectivity index (χ1v) is 6.69. The number of aromatic nitrogens is 1. The predicted molar refractivity (Wildman–Crippen MR) is 67.3 cm³/mol. The normalized spacial score (nSPS) is 14.2. The van der Waals surface area contributed by atoms with E-state index in [1.165, 1.54) is 16.7 Å². The van der Waals surface area contributed by atoms with Crippen molar-refractivity contribution in [1.29, 1.82) is 0 Å².